The summed E-state index contributed by atoms with van der Waals surface area (Å²) < 4.78 is 31.8. The summed E-state index contributed by atoms with van der Waals surface area (Å²) in [6.45, 7) is -0.915. The van der Waals surface area contributed by atoms with Gasteiger partial charge >= 0.3 is 6.61 Å². The van der Waals surface area contributed by atoms with E-state index in [1.165, 1.54) is 11.1 Å². The van der Waals surface area contributed by atoms with Gasteiger partial charge in [-0.05, 0) is 30.7 Å². The lowest BCUT2D eigenvalue weighted by molar-refractivity contribution is -0.129. The van der Waals surface area contributed by atoms with Crippen LogP contribution in [0.25, 0.3) is 10.9 Å². The molecule has 0 saturated heterocycles. The number of carbonyl (C=O) groups is 1. The molecule has 0 unspecified atom stereocenters. The van der Waals surface area contributed by atoms with Gasteiger partial charge in [0.05, 0.1) is 11.2 Å². The Kier molecular flexibility index (Phi) is 5.34. The van der Waals surface area contributed by atoms with Crippen molar-refractivity contribution in [3.63, 3.8) is 0 Å². The van der Waals surface area contributed by atoms with Crippen LogP contribution in [-0.4, -0.2) is 46.0 Å². The zero-order valence-corrected chi connectivity index (χ0v) is 15.3. The van der Waals surface area contributed by atoms with Crippen molar-refractivity contribution in [2.24, 2.45) is 0 Å². The van der Waals surface area contributed by atoms with Crippen molar-refractivity contribution in [3.05, 3.63) is 53.6 Å². The average molecular weight is 374 g/mol. The van der Waals surface area contributed by atoms with Crippen LogP contribution < -0.4 is 4.74 Å². The third-order valence-electron chi connectivity index (χ3n) is 4.38. The fourth-order valence-corrected chi connectivity index (χ4v) is 2.88. The maximum Gasteiger partial charge on any atom is 0.388 e. The third-order valence-corrected chi connectivity index (χ3v) is 4.38. The van der Waals surface area contributed by atoms with E-state index in [9.17, 15) is 13.6 Å². The fourth-order valence-electron chi connectivity index (χ4n) is 2.88. The monoisotopic (exact) mass is 374 g/mol. The number of likely N-dealkylation sites (N-methyl/N-ethyl adjacent to an activating group) is 1. The molecule has 0 radical (unpaired) electrons. The molecule has 6 nitrogen and oxygen atoms in total. The van der Waals surface area contributed by atoms with Crippen molar-refractivity contribution in [3.8, 4) is 5.88 Å². The molecule has 3 rings (SSSR count). The molecule has 3 aromatic heterocycles. The number of rotatable bonds is 6. The second-order valence-electron chi connectivity index (χ2n) is 6.39. The van der Waals surface area contributed by atoms with Crippen molar-refractivity contribution < 1.29 is 18.3 Å². The lowest BCUT2D eigenvalue weighted by Crippen LogP contribution is -2.25. The summed E-state index contributed by atoms with van der Waals surface area (Å²) in [5.41, 5.74) is 2.92. The Morgan fingerprint density at radius 1 is 1.22 bits per heavy atom. The number of pyridine rings is 2. The Morgan fingerprint density at radius 2 is 1.96 bits per heavy atom. The summed E-state index contributed by atoms with van der Waals surface area (Å²) in [7, 11) is 3.41. The molecule has 0 atom stereocenters. The quantitative estimate of drug-likeness (QED) is 0.666. The molecule has 8 heteroatoms. The van der Waals surface area contributed by atoms with Gasteiger partial charge in [-0.2, -0.15) is 8.78 Å². The van der Waals surface area contributed by atoms with Crippen LogP contribution >= 0.6 is 0 Å². The lowest BCUT2D eigenvalue weighted by Gasteiger charge is -2.13. The highest BCUT2D eigenvalue weighted by Gasteiger charge is 2.17. The standard InChI is InChI=1S/C19H20F2N4O2/c1-12-4-7-23-18(27-19(20)21)14(12)10-15-13-6-9-25(11-17(26)24(2)3)16(13)5-8-22-15/h4-9,19H,10-11H2,1-3H3. The second kappa shape index (κ2) is 7.69. The number of aromatic nitrogens is 3. The van der Waals surface area contributed by atoms with Crippen molar-refractivity contribution >= 4 is 16.8 Å². The Balaban J connectivity index is 1.98. The normalized spacial score (nSPS) is 11.2. The SMILES string of the molecule is Cc1ccnc(OC(F)F)c1Cc1nccc2c1ccn2CC(=O)N(C)C. The molecule has 0 N–H and O–H groups in total. The first-order valence-corrected chi connectivity index (χ1v) is 8.39. The van der Waals surface area contributed by atoms with E-state index in [0.717, 1.165) is 16.5 Å². The molecule has 0 fully saturated rings. The van der Waals surface area contributed by atoms with Crippen LogP contribution in [0.5, 0.6) is 5.88 Å². The van der Waals surface area contributed by atoms with Crippen molar-refractivity contribution in [2.75, 3.05) is 14.1 Å². The molecule has 3 heterocycles. The lowest BCUT2D eigenvalue weighted by atomic mass is 10.0. The average Bonchev–Trinajstić information content (AvgIpc) is 3.01. The van der Waals surface area contributed by atoms with Crippen molar-refractivity contribution in [1.29, 1.82) is 0 Å². The van der Waals surface area contributed by atoms with Crippen LogP contribution in [0.3, 0.4) is 0 Å². The molecule has 0 aromatic carbocycles. The highest BCUT2D eigenvalue weighted by Crippen LogP contribution is 2.27. The van der Waals surface area contributed by atoms with Gasteiger partial charge in [0, 0.05) is 50.1 Å². The van der Waals surface area contributed by atoms with E-state index in [2.05, 4.69) is 14.7 Å². The Bertz CT molecular complexity index is 969. The zero-order chi connectivity index (χ0) is 19.6. The maximum atomic E-state index is 12.7. The Morgan fingerprint density at radius 3 is 2.67 bits per heavy atom. The second-order valence-corrected chi connectivity index (χ2v) is 6.39. The third kappa shape index (κ3) is 4.05. The number of alkyl halides is 2. The summed E-state index contributed by atoms with van der Waals surface area (Å²) in [5, 5.41) is 0.857. The van der Waals surface area contributed by atoms with Gasteiger partial charge in [-0.1, -0.05) is 0 Å². The van der Waals surface area contributed by atoms with E-state index in [1.54, 1.807) is 26.4 Å². The minimum Gasteiger partial charge on any atom is -0.417 e. The van der Waals surface area contributed by atoms with Crippen LogP contribution in [0.15, 0.2) is 36.8 Å². The maximum absolute atomic E-state index is 12.7. The molecule has 0 aliphatic heterocycles. The number of hydrogen-bond acceptors (Lipinski definition) is 4. The topological polar surface area (TPSA) is 60.3 Å². The highest BCUT2D eigenvalue weighted by molar-refractivity contribution is 5.85. The zero-order valence-electron chi connectivity index (χ0n) is 15.3. The van der Waals surface area contributed by atoms with Crippen LogP contribution in [0.4, 0.5) is 8.78 Å². The Hall–Kier alpha value is -3.03. The van der Waals surface area contributed by atoms with E-state index in [-0.39, 0.29) is 18.3 Å². The molecule has 0 saturated carbocycles. The minimum atomic E-state index is -2.94. The van der Waals surface area contributed by atoms with Gasteiger partial charge in [-0.3, -0.25) is 9.78 Å². The van der Waals surface area contributed by atoms with Gasteiger partial charge in [0.2, 0.25) is 11.8 Å². The van der Waals surface area contributed by atoms with Gasteiger partial charge in [0.15, 0.2) is 0 Å². The summed E-state index contributed by atoms with van der Waals surface area (Å²) >= 11 is 0. The molecular weight excluding hydrogens is 354 g/mol. The van der Waals surface area contributed by atoms with Gasteiger partial charge < -0.3 is 14.2 Å². The Labute approximate surface area is 155 Å². The first-order valence-electron chi connectivity index (χ1n) is 8.39. The number of carbonyl (C=O) groups excluding carboxylic acids is 1. The number of halogens is 2. The van der Waals surface area contributed by atoms with E-state index >= 15 is 0 Å². The van der Waals surface area contributed by atoms with Crippen LogP contribution in [0.2, 0.25) is 0 Å². The van der Waals surface area contributed by atoms with E-state index in [4.69, 9.17) is 0 Å². The number of fused-ring (bicyclic) bond motifs is 1. The first kappa shape index (κ1) is 18.8. The predicted molar refractivity (Wildman–Crippen MR) is 96.8 cm³/mol. The summed E-state index contributed by atoms with van der Waals surface area (Å²) in [5.74, 6) is -0.118. The molecule has 0 aliphatic rings. The minimum absolute atomic E-state index is 0.0263. The molecular formula is C19H20F2N4O2. The highest BCUT2D eigenvalue weighted by atomic mass is 19.3. The molecule has 27 heavy (non-hydrogen) atoms. The molecule has 142 valence electrons. The number of amides is 1. The first-order chi connectivity index (χ1) is 12.9. The summed E-state index contributed by atoms with van der Waals surface area (Å²) in [6.07, 6.45) is 5.20. The van der Waals surface area contributed by atoms with E-state index in [1.807, 2.05) is 29.8 Å². The smallest absolute Gasteiger partial charge is 0.388 e. The molecule has 1 amide bonds. The van der Waals surface area contributed by atoms with Gasteiger partial charge in [-0.25, -0.2) is 4.98 Å². The summed E-state index contributed by atoms with van der Waals surface area (Å²) in [4.78, 5) is 21.9. The molecule has 0 spiro atoms. The molecule has 0 bridgehead atoms. The van der Waals surface area contributed by atoms with Gasteiger partial charge in [0.1, 0.15) is 6.54 Å². The number of aryl methyl sites for hydroxylation is 1. The largest absolute Gasteiger partial charge is 0.417 e. The molecule has 0 aliphatic carbocycles. The number of ether oxygens (including phenoxy) is 1. The molecule has 3 aromatic rings. The van der Waals surface area contributed by atoms with E-state index in [0.29, 0.717) is 17.7 Å². The summed E-state index contributed by atoms with van der Waals surface area (Å²) in [6, 6.07) is 5.45. The van der Waals surface area contributed by atoms with Crippen LogP contribution in [-0.2, 0) is 17.8 Å². The number of hydrogen-bond donors (Lipinski definition) is 0. The van der Waals surface area contributed by atoms with Crippen LogP contribution in [0.1, 0.15) is 16.8 Å². The van der Waals surface area contributed by atoms with Crippen molar-refractivity contribution in [2.45, 2.75) is 26.5 Å². The number of nitrogens with zero attached hydrogens (tertiary/aromatic N) is 4. The predicted octanol–water partition coefficient (Wildman–Crippen LogP) is 3.02. The fraction of sp³-hybridized carbons (Fsp3) is 0.316. The van der Waals surface area contributed by atoms with Gasteiger partial charge in [0.25, 0.3) is 0 Å². The van der Waals surface area contributed by atoms with Crippen molar-refractivity contribution in [1.82, 2.24) is 19.4 Å². The van der Waals surface area contributed by atoms with Crippen LogP contribution in [0, 0.1) is 6.92 Å². The van der Waals surface area contributed by atoms with Gasteiger partial charge in [-0.15, -0.1) is 0 Å². The van der Waals surface area contributed by atoms with E-state index < -0.39 is 6.61 Å².